The van der Waals surface area contributed by atoms with Crippen LogP contribution < -0.4 is 16.0 Å². The van der Waals surface area contributed by atoms with Gasteiger partial charge in [-0.1, -0.05) is 13.0 Å². The fraction of sp³-hybridized carbons (Fsp3) is 0.294. The number of nitrogens with zero attached hydrogens (tertiary/aromatic N) is 1. The maximum atomic E-state index is 12.0. The van der Waals surface area contributed by atoms with Gasteiger partial charge < -0.3 is 25.3 Å². The third kappa shape index (κ3) is 5.44. The quantitative estimate of drug-likeness (QED) is 0.728. The summed E-state index contributed by atoms with van der Waals surface area (Å²) in [4.78, 5) is 25.9. The highest BCUT2D eigenvalue weighted by atomic mass is 16.3. The van der Waals surface area contributed by atoms with Gasteiger partial charge in [0.15, 0.2) is 0 Å². The molecule has 0 atom stereocenters. The van der Waals surface area contributed by atoms with Crippen molar-refractivity contribution in [2.45, 2.75) is 6.92 Å². The maximum Gasteiger partial charge on any atom is 0.319 e. The zero-order chi connectivity index (χ0) is 17.4. The predicted molar refractivity (Wildman–Crippen MR) is 93.3 cm³/mol. The standard InChI is InChI=1S/C17H22N4O3/c1-3-21(2)9-8-18-17(23)20-15-6-4-5-14(11-15)19-16(22)13-7-10-24-12-13/h4-7,10-12H,3,8-9H2,1-2H3,(H,19,22)(H2,18,20,23). The average molecular weight is 330 g/mol. The van der Waals surface area contributed by atoms with Gasteiger partial charge in [-0.3, -0.25) is 4.79 Å². The second-order valence-corrected chi connectivity index (χ2v) is 5.32. The van der Waals surface area contributed by atoms with E-state index in [0.717, 1.165) is 13.1 Å². The van der Waals surface area contributed by atoms with E-state index in [1.165, 1.54) is 12.5 Å². The van der Waals surface area contributed by atoms with E-state index < -0.39 is 0 Å². The Balaban J connectivity index is 1.86. The molecule has 0 fully saturated rings. The van der Waals surface area contributed by atoms with Gasteiger partial charge in [0.25, 0.3) is 5.91 Å². The van der Waals surface area contributed by atoms with Crippen LogP contribution in [0.4, 0.5) is 16.2 Å². The smallest absolute Gasteiger partial charge is 0.319 e. The van der Waals surface area contributed by atoms with Gasteiger partial charge in [-0.05, 0) is 37.9 Å². The van der Waals surface area contributed by atoms with Gasteiger partial charge in [0.2, 0.25) is 0 Å². The fourth-order valence-corrected chi connectivity index (χ4v) is 1.97. The average Bonchev–Trinajstić information content (AvgIpc) is 3.09. The lowest BCUT2D eigenvalue weighted by Gasteiger charge is -2.14. The van der Waals surface area contributed by atoms with E-state index in [4.69, 9.17) is 4.42 Å². The summed E-state index contributed by atoms with van der Waals surface area (Å²) in [7, 11) is 1.99. The van der Waals surface area contributed by atoms with E-state index in [0.29, 0.717) is 23.5 Å². The first kappa shape index (κ1) is 17.6. The van der Waals surface area contributed by atoms with Crippen molar-refractivity contribution in [3.05, 3.63) is 48.4 Å². The molecule has 2 aromatic rings. The number of urea groups is 1. The maximum absolute atomic E-state index is 12.0. The molecule has 7 heteroatoms. The summed E-state index contributed by atoms with van der Waals surface area (Å²) in [5.74, 6) is -0.270. The molecule has 1 heterocycles. The molecular weight excluding hydrogens is 308 g/mol. The minimum absolute atomic E-state index is 0.270. The molecule has 0 aliphatic heterocycles. The molecule has 0 bridgehead atoms. The first-order valence-corrected chi connectivity index (χ1v) is 7.75. The minimum atomic E-state index is -0.280. The molecule has 0 aliphatic rings. The number of hydrogen-bond donors (Lipinski definition) is 3. The van der Waals surface area contributed by atoms with Crippen LogP contribution in [0.25, 0.3) is 0 Å². The predicted octanol–water partition coefficient (Wildman–Crippen LogP) is 2.61. The number of hydrogen-bond acceptors (Lipinski definition) is 4. The summed E-state index contributed by atoms with van der Waals surface area (Å²) in [6, 6.07) is 8.25. The normalized spacial score (nSPS) is 10.5. The second kappa shape index (κ2) is 8.73. The molecule has 128 valence electrons. The lowest BCUT2D eigenvalue weighted by Crippen LogP contribution is -2.35. The zero-order valence-electron chi connectivity index (χ0n) is 13.8. The first-order chi connectivity index (χ1) is 11.6. The molecule has 2 rings (SSSR count). The Hall–Kier alpha value is -2.80. The van der Waals surface area contributed by atoms with Crippen LogP contribution in [0.3, 0.4) is 0 Å². The van der Waals surface area contributed by atoms with Crippen LogP contribution >= 0.6 is 0 Å². The van der Waals surface area contributed by atoms with E-state index in [1.54, 1.807) is 30.3 Å². The Morgan fingerprint density at radius 1 is 1.17 bits per heavy atom. The van der Waals surface area contributed by atoms with Crippen LogP contribution in [0.1, 0.15) is 17.3 Å². The van der Waals surface area contributed by atoms with Crippen LogP contribution in [0, 0.1) is 0 Å². The van der Waals surface area contributed by atoms with Crippen molar-refractivity contribution >= 4 is 23.3 Å². The van der Waals surface area contributed by atoms with Gasteiger partial charge in [-0.25, -0.2) is 4.79 Å². The summed E-state index contributed by atoms with van der Waals surface area (Å²) in [6.07, 6.45) is 2.81. The number of nitrogens with one attached hydrogen (secondary N) is 3. The molecule has 3 amide bonds. The topological polar surface area (TPSA) is 86.6 Å². The van der Waals surface area contributed by atoms with Crippen LogP contribution in [-0.4, -0.2) is 43.5 Å². The Morgan fingerprint density at radius 2 is 1.92 bits per heavy atom. The van der Waals surface area contributed by atoms with Gasteiger partial charge in [-0.2, -0.15) is 0 Å². The second-order valence-electron chi connectivity index (χ2n) is 5.32. The van der Waals surface area contributed by atoms with Gasteiger partial charge in [-0.15, -0.1) is 0 Å². The summed E-state index contributed by atoms with van der Waals surface area (Å²) < 4.78 is 4.88. The van der Waals surface area contributed by atoms with Gasteiger partial charge in [0.05, 0.1) is 11.8 Å². The Morgan fingerprint density at radius 3 is 2.58 bits per heavy atom. The largest absolute Gasteiger partial charge is 0.472 e. The highest BCUT2D eigenvalue weighted by molar-refractivity contribution is 6.04. The van der Waals surface area contributed by atoms with Crippen LogP contribution in [-0.2, 0) is 0 Å². The van der Waals surface area contributed by atoms with Crippen molar-refractivity contribution in [1.82, 2.24) is 10.2 Å². The molecule has 0 saturated heterocycles. The number of benzene rings is 1. The highest BCUT2D eigenvalue weighted by Crippen LogP contribution is 2.16. The lowest BCUT2D eigenvalue weighted by molar-refractivity contribution is 0.102. The molecule has 24 heavy (non-hydrogen) atoms. The van der Waals surface area contributed by atoms with Crippen LogP contribution in [0.2, 0.25) is 0 Å². The fourth-order valence-electron chi connectivity index (χ4n) is 1.97. The molecule has 1 aromatic heterocycles. The van der Waals surface area contributed by atoms with E-state index in [-0.39, 0.29) is 11.9 Å². The third-order valence-corrected chi connectivity index (χ3v) is 3.48. The highest BCUT2D eigenvalue weighted by Gasteiger charge is 2.08. The van der Waals surface area contributed by atoms with Crippen molar-refractivity contribution < 1.29 is 14.0 Å². The van der Waals surface area contributed by atoms with E-state index in [1.807, 2.05) is 7.05 Å². The summed E-state index contributed by atoms with van der Waals surface area (Å²) in [6.45, 7) is 4.34. The number of amides is 3. The molecule has 0 aliphatic carbocycles. The number of carbonyl (C=O) groups excluding carboxylic acids is 2. The van der Waals surface area contributed by atoms with Gasteiger partial charge >= 0.3 is 6.03 Å². The van der Waals surface area contributed by atoms with Crippen molar-refractivity contribution in [3.63, 3.8) is 0 Å². The van der Waals surface area contributed by atoms with E-state index in [9.17, 15) is 9.59 Å². The first-order valence-electron chi connectivity index (χ1n) is 7.75. The Labute approximate surface area is 141 Å². The summed E-state index contributed by atoms with van der Waals surface area (Å²) >= 11 is 0. The van der Waals surface area contributed by atoms with E-state index in [2.05, 4.69) is 27.8 Å². The molecule has 0 spiro atoms. The third-order valence-electron chi connectivity index (χ3n) is 3.48. The van der Waals surface area contributed by atoms with Crippen molar-refractivity contribution in [2.24, 2.45) is 0 Å². The molecule has 0 radical (unpaired) electrons. The molecule has 0 saturated carbocycles. The molecule has 0 unspecified atom stereocenters. The zero-order valence-corrected chi connectivity index (χ0v) is 13.8. The molecular formula is C17H22N4O3. The Bertz CT molecular complexity index is 670. The number of likely N-dealkylation sites (N-methyl/N-ethyl adjacent to an activating group) is 1. The monoisotopic (exact) mass is 330 g/mol. The van der Waals surface area contributed by atoms with Crippen molar-refractivity contribution in [1.29, 1.82) is 0 Å². The summed E-state index contributed by atoms with van der Waals surface area (Å²) in [5.41, 5.74) is 1.62. The number of carbonyl (C=O) groups is 2. The van der Waals surface area contributed by atoms with Gasteiger partial charge in [0, 0.05) is 24.5 Å². The van der Waals surface area contributed by atoms with E-state index >= 15 is 0 Å². The van der Waals surface area contributed by atoms with Crippen molar-refractivity contribution in [3.8, 4) is 0 Å². The number of anilines is 2. The lowest BCUT2D eigenvalue weighted by atomic mass is 10.2. The molecule has 1 aromatic carbocycles. The SMILES string of the molecule is CCN(C)CCNC(=O)Nc1cccc(NC(=O)c2ccoc2)c1. The van der Waals surface area contributed by atoms with Crippen LogP contribution in [0.15, 0.2) is 47.3 Å². The molecule has 7 nitrogen and oxygen atoms in total. The summed E-state index contributed by atoms with van der Waals surface area (Å²) in [5, 5.41) is 8.28. The van der Waals surface area contributed by atoms with Crippen LogP contribution in [0.5, 0.6) is 0 Å². The molecule has 3 N–H and O–H groups in total. The van der Waals surface area contributed by atoms with Crippen molar-refractivity contribution in [2.75, 3.05) is 37.3 Å². The minimum Gasteiger partial charge on any atom is -0.472 e. The number of furan rings is 1. The van der Waals surface area contributed by atoms with Gasteiger partial charge in [0.1, 0.15) is 6.26 Å². The Kier molecular flexibility index (Phi) is 6.39. The number of rotatable bonds is 7.